The first-order valence-corrected chi connectivity index (χ1v) is 13.1. The maximum absolute atomic E-state index is 14.4. The van der Waals surface area contributed by atoms with Crippen LogP contribution in [0.5, 0.6) is 11.8 Å². The molecule has 2 aliphatic heterocycles. The quantitative estimate of drug-likeness (QED) is 0.421. The van der Waals surface area contributed by atoms with Crippen LogP contribution in [0, 0.1) is 23.1 Å². The van der Waals surface area contributed by atoms with Crippen molar-refractivity contribution in [2.24, 2.45) is 5.92 Å². The smallest absolute Gasteiger partial charge is 0.434 e. The third-order valence-corrected chi connectivity index (χ3v) is 7.57. The van der Waals surface area contributed by atoms with Gasteiger partial charge >= 0.3 is 11.8 Å². The number of aromatic hydroxyl groups is 1. The number of ether oxygens (including phenoxy) is 1. The molecule has 1 fully saturated rings. The van der Waals surface area contributed by atoms with E-state index in [2.05, 4.69) is 12.6 Å². The van der Waals surface area contributed by atoms with E-state index < -0.39 is 11.9 Å². The fraction of sp³-hybridized carbons (Fsp3) is 0.464. The molecule has 1 aromatic carbocycles. The van der Waals surface area contributed by atoms with Crippen LogP contribution in [-0.2, 0) is 24.4 Å². The van der Waals surface area contributed by atoms with Gasteiger partial charge in [0.25, 0.3) is 0 Å². The molecule has 3 heterocycles. The molecule has 0 bridgehead atoms. The monoisotopic (exact) mass is 519 g/mol. The van der Waals surface area contributed by atoms with Crippen molar-refractivity contribution in [3.05, 3.63) is 53.5 Å². The van der Waals surface area contributed by atoms with Gasteiger partial charge in [-0.05, 0) is 37.0 Å². The van der Waals surface area contributed by atoms with Gasteiger partial charge in [-0.1, -0.05) is 25.5 Å². The van der Waals surface area contributed by atoms with Crippen molar-refractivity contribution in [1.82, 2.24) is 19.8 Å². The number of fused-ring (bicyclic) bond motifs is 1. The van der Waals surface area contributed by atoms with Crippen molar-refractivity contribution in [3.63, 3.8) is 0 Å². The highest BCUT2D eigenvalue weighted by molar-refractivity contribution is 5.89. The van der Waals surface area contributed by atoms with Gasteiger partial charge < -0.3 is 14.7 Å². The molecule has 1 atom stereocenters. The van der Waals surface area contributed by atoms with Gasteiger partial charge in [0.1, 0.15) is 18.1 Å². The first kappa shape index (κ1) is 25.8. The molecule has 198 valence electrons. The zero-order valence-corrected chi connectivity index (χ0v) is 21.4. The molecule has 3 aliphatic rings. The standard InChI is InChI=1S/C28H31FN6O3/c1-2-26(37)35-13-12-34(14-20(35)10-11-30)27-22-16-33(15-21-23(29)8-5-9-25(21)36)17-24(22)31-28(32-27)38-18-19-6-3-4-7-19/h2,5,8-9,14,19-20H,1,3-4,6-7,10,12-13,15-18H2/p+1/t20-/m0/s1. The van der Waals surface area contributed by atoms with Crippen molar-refractivity contribution in [2.75, 3.05) is 19.7 Å². The highest BCUT2D eigenvalue weighted by atomic mass is 19.1. The van der Waals surface area contributed by atoms with E-state index in [0.717, 1.165) is 24.1 Å². The molecule has 0 saturated heterocycles. The summed E-state index contributed by atoms with van der Waals surface area (Å²) in [4.78, 5) is 25.5. The van der Waals surface area contributed by atoms with Gasteiger partial charge in [-0.15, -0.1) is 0 Å². The zero-order valence-electron chi connectivity index (χ0n) is 21.4. The summed E-state index contributed by atoms with van der Waals surface area (Å²) in [5, 5.41) is 19.6. The Labute approximate surface area is 221 Å². The van der Waals surface area contributed by atoms with E-state index in [0.29, 0.717) is 50.5 Å². The number of nitrogens with zero attached hydrogens (tertiary/aromatic N) is 6. The number of aromatic nitrogens is 2. The van der Waals surface area contributed by atoms with Crippen molar-refractivity contribution in [1.29, 1.82) is 5.26 Å². The Hall–Kier alpha value is -3.84. The van der Waals surface area contributed by atoms with E-state index in [4.69, 9.17) is 14.7 Å². The van der Waals surface area contributed by atoms with Crippen LogP contribution in [0.1, 0.15) is 48.9 Å². The number of carbonyl (C=O) groups excluding carboxylic acids is 1. The largest absolute Gasteiger partial charge is 0.508 e. The minimum absolute atomic E-state index is 0.0801. The second-order valence-electron chi connectivity index (χ2n) is 10.1. The number of nitriles is 1. The summed E-state index contributed by atoms with van der Waals surface area (Å²) < 4.78 is 22.5. The molecule has 1 saturated carbocycles. The third-order valence-electron chi connectivity index (χ3n) is 7.57. The van der Waals surface area contributed by atoms with E-state index >= 15 is 0 Å². The maximum atomic E-state index is 14.4. The van der Waals surface area contributed by atoms with Crippen molar-refractivity contribution < 1.29 is 23.6 Å². The summed E-state index contributed by atoms with van der Waals surface area (Å²) in [6, 6.07) is 6.36. The van der Waals surface area contributed by atoms with Crippen LogP contribution in [0.2, 0.25) is 0 Å². The molecule has 10 heteroatoms. The molecule has 0 spiro atoms. The van der Waals surface area contributed by atoms with Gasteiger partial charge in [0.2, 0.25) is 5.91 Å². The summed E-state index contributed by atoms with van der Waals surface area (Å²) in [5.74, 6) is 0.416. The van der Waals surface area contributed by atoms with Crippen LogP contribution >= 0.6 is 0 Å². The molecular formula is C28H32FN6O3+. The van der Waals surface area contributed by atoms with Crippen molar-refractivity contribution >= 4 is 17.9 Å². The lowest BCUT2D eigenvalue weighted by Gasteiger charge is -2.30. The zero-order chi connectivity index (χ0) is 26.6. The highest BCUT2D eigenvalue weighted by Gasteiger charge is 2.36. The number of halogens is 1. The number of hydrogen-bond donors (Lipinski definition) is 1. The summed E-state index contributed by atoms with van der Waals surface area (Å²) in [6.45, 7) is 6.18. The molecule has 1 N–H and O–H groups in total. The molecule has 1 amide bonds. The number of carbonyl (C=O) groups is 1. The summed E-state index contributed by atoms with van der Waals surface area (Å²) in [7, 11) is 0. The topological polar surface area (TPSA) is 106 Å². The van der Waals surface area contributed by atoms with Gasteiger partial charge in [-0.2, -0.15) is 10.2 Å². The Kier molecular flexibility index (Phi) is 7.65. The molecule has 0 unspecified atom stereocenters. The Morgan fingerprint density at radius 3 is 2.87 bits per heavy atom. The number of amides is 1. The lowest BCUT2D eigenvalue weighted by Crippen LogP contribution is -2.48. The second kappa shape index (κ2) is 11.3. The van der Waals surface area contributed by atoms with Gasteiger partial charge in [0.05, 0.1) is 49.2 Å². The Bertz CT molecular complexity index is 1280. The molecule has 38 heavy (non-hydrogen) atoms. The van der Waals surface area contributed by atoms with Crippen LogP contribution in [-0.4, -0.2) is 67.3 Å². The third kappa shape index (κ3) is 5.38. The van der Waals surface area contributed by atoms with Crippen LogP contribution in [0.25, 0.3) is 0 Å². The molecule has 2 aromatic rings. The van der Waals surface area contributed by atoms with Crippen LogP contribution in [0.15, 0.2) is 30.9 Å². The minimum Gasteiger partial charge on any atom is -0.508 e. The lowest BCUT2D eigenvalue weighted by molar-refractivity contribution is -0.449. The number of hydrogen-bond acceptors (Lipinski definition) is 7. The second-order valence-corrected chi connectivity index (χ2v) is 10.1. The number of rotatable bonds is 8. The SMILES string of the molecule is C=CC(=O)N1CC[N+](c2nc(OCC3CCCC3)nc3c2CN(Cc2c(O)cccc2F)C3)=C[C@@H]1CC#N. The van der Waals surface area contributed by atoms with Gasteiger partial charge in [-0.3, -0.25) is 9.69 Å². The van der Waals surface area contributed by atoms with Gasteiger partial charge in [-0.25, -0.2) is 8.97 Å². The van der Waals surface area contributed by atoms with E-state index in [1.54, 1.807) is 4.90 Å². The lowest BCUT2D eigenvalue weighted by atomic mass is 10.1. The molecular weight excluding hydrogens is 487 g/mol. The summed E-state index contributed by atoms with van der Waals surface area (Å²) in [6.07, 6.45) is 7.98. The van der Waals surface area contributed by atoms with Crippen molar-refractivity contribution in [3.8, 4) is 17.8 Å². The predicted octanol–water partition coefficient (Wildman–Crippen LogP) is 3.43. The summed E-state index contributed by atoms with van der Waals surface area (Å²) in [5.41, 5.74) is 1.93. The Morgan fingerprint density at radius 1 is 1.32 bits per heavy atom. The first-order chi connectivity index (χ1) is 18.5. The molecule has 0 radical (unpaired) electrons. The minimum atomic E-state index is -0.455. The number of phenols is 1. The Morgan fingerprint density at radius 2 is 2.13 bits per heavy atom. The average Bonchev–Trinajstić information content (AvgIpc) is 3.58. The van der Waals surface area contributed by atoms with E-state index in [1.165, 1.54) is 37.1 Å². The van der Waals surface area contributed by atoms with Crippen LogP contribution in [0.3, 0.4) is 0 Å². The van der Waals surface area contributed by atoms with Crippen LogP contribution in [0.4, 0.5) is 10.2 Å². The molecule has 5 rings (SSSR count). The summed E-state index contributed by atoms with van der Waals surface area (Å²) >= 11 is 0. The maximum Gasteiger partial charge on any atom is 0.434 e. The van der Waals surface area contributed by atoms with E-state index in [-0.39, 0.29) is 30.2 Å². The molecule has 1 aromatic heterocycles. The predicted molar refractivity (Wildman–Crippen MR) is 137 cm³/mol. The van der Waals surface area contributed by atoms with E-state index in [1.807, 2.05) is 15.7 Å². The van der Waals surface area contributed by atoms with E-state index in [9.17, 15) is 19.6 Å². The number of phenolic OH excluding ortho intramolecular Hbond substituents is 1. The Balaban J connectivity index is 1.46. The van der Waals surface area contributed by atoms with Crippen molar-refractivity contribution in [2.45, 2.75) is 57.8 Å². The van der Waals surface area contributed by atoms with Gasteiger partial charge in [0.15, 0.2) is 0 Å². The van der Waals surface area contributed by atoms with Crippen LogP contribution < -0.4 is 4.74 Å². The fourth-order valence-corrected chi connectivity index (χ4v) is 5.56. The fourth-order valence-electron chi connectivity index (χ4n) is 5.56. The molecule has 1 aliphatic carbocycles. The highest BCUT2D eigenvalue weighted by Crippen LogP contribution is 2.34. The first-order valence-electron chi connectivity index (χ1n) is 13.1. The van der Waals surface area contributed by atoms with Gasteiger partial charge in [0, 0.05) is 30.2 Å². The average molecular weight is 520 g/mol. The molecule has 9 nitrogen and oxygen atoms in total. The number of benzene rings is 1. The normalized spacial score (nSPS) is 19.6.